The minimum atomic E-state index is -0.565. The van der Waals surface area contributed by atoms with Crippen LogP contribution in [0.3, 0.4) is 0 Å². The lowest BCUT2D eigenvalue weighted by atomic mass is 10.1. The van der Waals surface area contributed by atoms with Crippen molar-refractivity contribution in [1.29, 1.82) is 0 Å². The fourth-order valence-electron chi connectivity index (χ4n) is 2.47. The Balaban J connectivity index is 2.61. The maximum Gasteiger partial charge on any atom is 0.161 e. The summed E-state index contributed by atoms with van der Waals surface area (Å²) in [6.07, 6.45) is 1.56. The highest BCUT2D eigenvalue weighted by Crippen LogP contribution is 2.28. The van der Waals surface area contributed by atoms with Gasteiger partial charge in [-0.25, -0.2) is 0 Å². The molecule has 0 aliphatic rings. The second-order valence-corrected chi connectivity index (χ2v) is 5.69. The number of methoxy groups -OCH3 is 1. The molecule has 0 spiro atoms. The van der Waals surface area contributed by atoms with Crippen LogP contribution in [0.4, 0.5) is 0 Å². The van der Waals surface area contributed by atoms with Gasteiger partial charge in [0.2, 0.25) is 0 Å². The Morgan fingerprint density at radius 3 is 2.39 bits per heavy atom. The first-order valence-corrected chi connectivity index (χ1v) is 8.23. The van der Waals surface area contributed by atoms with Crippen LogP contribution in [-0.4, -0.2) is 55.2 Å². The summed E-state index contributed by atoms with van der Waals surface area (Å²) in [7, 11) is 1.53. The molecule has 1 N–H and O–H groups in total. The Morgan fingerprint density at radius 2 is 1.87 bits per heavy atom. The van der Waals surface area contributed by atoms with Crippen LogP contribution in [0.1, 0.15) is 44.0 Å². The number of aliphatic hydroxyl groups excluding tert-OH is 1. The summed E-state index contributed by atoms with van der Waals surface area (Å²) in [5, 5.41) is 10.2. The SMILES string of the molecule is CCCN(CCC)C[C@H](O)COc1ccc(C(C)=O)cc1OC. The monoisotopic (exact) mass is 323 g/mol. The van der Waals surface area contributed by atoms with Gasteiger partial charge in [-0.3, -0.25) is 4.79 Å². The molecule has 0 aromatic heterocycles. The molecule has 0 saturated carbocycles. The Hall–Kier alpha value is -1.59. The number of ether oxygens (including phenoxy) is 2. The van der Waals surface area contributed by atoms with Crippen molar-refractivity contribution < 1.29 is 19.4 Å². The third-order valence-electron chi connectivity index (χ3n) is 3.55. The molecule has 0 saturated heterocycles. The molecule has 5 nitrogen and oxygen atoms in total. The van der Waals surface area contributed by atoms with Crippen LogP contribution in [0.2, 0.25) is 0 Å². The molecule has 0 radical (unpaired) electrons. The smallest absolute Gasteiger partial charge is 0.161 e. The zero-order chi connectivity index (χ0) is 17.2. The summed E-state index contributed by atoms with van der Waals surface area (Å²) in [5.41, 5.74) is 0.576. The average Bonchev–Trinajstić information content (AvgIpc) is 2.53. The summed E-state index contributed by atoms with van der Waals surface area (Å²) in [4.78, 5) is 13.6. The van der Waals surface area contributed by atoms with Gasteiger partial charge in [0.25, 0.3) is 0 Å². The number of hydrogen-bond donors (Lipinski definition) is 1. The van der Waals surface area contributed by atoms with E-state index in [1.807, 2.05) is 0 Å². The highest BCUT2D eigenvalue weighted by molar-refractivity contribution is 5.94. The van der Waals surface area contributed by atoms with E-state index in [9.17, 15) is 9.90 Å². The fraction of sp³-hybridized carbons (Fsp3) is 0.611. The summed E-state index contributed by atoms with van der Waals surface area (Å²) < 4.78 is 10.9. The number of rotatable bonds is 11. The van der Waals surface area contributed by atoms with E-state index in [4.69, 9.17) is 9.47 Å². The zero-order valence-corrected chi connectivity index (χ0v) is 14.7. The van der Waals surface area contributed by atoms with Crippen LogP contribution in [0.5, 0.6) is 11.5 Å². The van der Waals surface area contributed by atoms with Crippen LogP contribution in [0, 0.1) is 0 Å². The molecule has 23 heavy (non-hydrogen) atoms. The molecule has 130 valence electrons. The predicted molar refractivity (Wildman–Crippen MR) is 91.5 cm³/mol. The summed E-state index contributed by atoms with van der Waals surface area (Å²) in [6.45, 7) is 8.51. The largest absolute Gasteiger partial charge is 0.493 e. The number of aliphatic hydroxyl groups is 1. The normalized spacial score (nSPS) is 12.3. The fourth-order valence-corrected chi connectivity index (χ4v) is 2.47. The lowest BCUT2D eigenvalue weighted by Gasteiger charge is -2.24. The Labute approximate surface area is 139 Å². The standard InChI is InChI=1S/C18H29NO4/c1-5-9-19(10-6-2)12-16(21)13-23-17-8-7-15(14(3)20)11-18(17)22-4/h7-8,11,16,21H,5-6,9-10,12-13H2,1-4H3/t16-/m0/s1. The molecule has 0 aliphatic carbocycles. The third kappa shape index (κ3) is 6.59. The number of benzene rings is 1. The minimum absolute atomic E-state index is 0.0235. The molecule has 1 atom stereocenters. The second-order valence-electron chi connectivity index (χ2n) is 5.69. The lowest BCUT2D eigenvalue weighted by molar-refractivity contribution is 0.0671. The van der Waals surface area contributed by atoms with Gasteiger partial charge in [0.05, 0.1) is 7.11 Å². The van der Waals surface area contributed by atoms with Crippen LogP contribution in [0.15, 0.2) is 18.2 Å². The molecule has 0 amide bonds. The van der Waals surface area contributed by atoms with E-state index in [1.54, 1.807) is 18.2 Å². The number of carbonyl (C=O) groups excluding carboxylic acids is 1. The van der Waals surface area contributed by atoms with E-state index in [0.717, 1.165) is 25.9 Å². The van der Waals surface area contributed by atoms with Crippen molar-refractivity contribution in [2.45, 2.75) is 39.7 Å². The first kappa shape index (κ1) is 19.5. The minimum Gasteiger partial charge on any atom is -0.493 e. The molecular formula is C18H29NO4. The van der Waals surface area contributed by atoms with E-state index in [-0.39, 0.29) is 12.4 Å². The molecule has 0 bridgehead atoms. The first-order chi connectivity index (χ1) is 11.0. The Morgan fingerprint density at radius 1 is 1.22 bits per heavy atom. The molecule has 1 rings (SSSR count). The number of nitrogens with zero attached hydrogens (tertiary/aromatic N) is 1. The molecule has 1 aromatic rings. The van der Waals surface area contributed by atoms with Crippen molar-refractivity contribution in [2.24, 2.45) is 0 Å². The highest BCUT2D eigenvalue weighted by Gasteiger charge is 2.13. The van der Waals surface area contributed by atoms with Crippen LogP contribution >= 0.6 is 0 Å². The van der Waals surface area contributed by atoms with Crippen molar-refractivity contribution >= 4 is 5.78 Å². The molecule has 1 aromatic carbocycles. The average molecular weight is 323 g/mol. The van der Waals surface area contributed by atoms with Gasteiger partial charge in [0, 0.05) is 12.1 Å². The van der Waals surface area contributed by atoms with Crippen LogP contribution in [-0.2, 0) is 0 Å². The molecule has 5 heteroatoms. The number of hydrogen-bond acceptors (Lipinski definition) is 5. The highest BCUT2D eigenvalue weighted by atomic mass is 16.5. The van der Waals surface area contributed by atoms with Gasteiger partial charge in [-0.1, -0.05) is 13.8 Å². The van der Waals surface area contributed by atoms with E-state index in [2.05, 4.69) is 18.7 Å². The van der Waals surface area contributed by atoms with Gasteiger partial charge >= 0.3 is 0 Å². The molecule has 0 fully saturated rings. The predicted octanol–water partition coefficient (Wildman–Crippen LogP) is 2.76. The van der Waals surface area contributed by atoms with Crippen molar-refractivity contribution in [3.05, 3.63) is 23.8 Å². The third-order valence-corrected chi connectivity index (χ3v) is 3.55. The van der Waals surface area contributed by atoms with E-state index in [0.29, 0.717) is 23.6 Å². The van der Waals surface area contributed by atoms with Crippen molar-refractivity contribution in [2.75, 3.05) is 33.4 Å². The van der Waals surface area contributed by atoms with Gasteiger partial charge in [-0.15, -0.1) is 0 Å². The maximum atomic E-state index is 11.4. The summed E-state index contributed by atoms with van der Waals surface area (Å²) >= 11 is 0. The van der Waals surface area contributed by atoms with Gasteiger partial charge in [-0.05, 0) is 51.1 Å². The Bertz CT molecular complexity index is 484. The van der Waals surface area contributed by atoms with Crippen LogP contribution in [0.25, 0.3) is 0 Å². The summed E-state index contributed by atoms with van der Waals surface area (Å²) in [5.74, 6) is 1.02. The van der Waals surface area contributed by atoms with Crippen LogP contribution < -0.4 is 9.47 Å². The number of carbonyl (C=O) groups is 1. The van der Waals surface area contributed by atoms with Gasteiger partial charge in [0.15, 0.2) is 17.3 Å². The Kier molecular flexibility index (Phi) is 8.66. The molecule has 0 heterocycles. The lowest BCUT2D eigenvalue weighted by Crippen LogP contribution is -2.36. The van der Waals surface area contributed by atoms with Crippen molar-refractivity contribution in [3.8, 4) is 11.5 Å². The number of Topliss-reactive ketones (excluding diaryl/α,β-unsaturated/α-hetero) is 1. The quantitative estimate of drug-likeness (QED) is 0.635. The maximum absolute atomic E-state index is 11.4. The van der Waals surface area contributed by atoms with E-state index < -0.39 is 6.10 Å². The first-order valence-electron chi connectivity index (χ1n) is 8.23. The van der Waals surface area contributed by atoms with E-state index in [1.165, 1.54) is 14.0 Å². The summed E-state index contributed by atoms with van der Waals surface area (Å²) in [6, 6.07) is 5.07. The van der Waals surface area contributed by atoms with Gasteiger partial charge in [0.1, 0.15) is 12.7 Å². The molecule has 0 aliphatic heterocycles. The zero-order valence-electron chi connectivity index (χ0n) is 14.7. The molecular weight excluding hydrogens is 294 g/mol. The topological polar surface area (TPSA) is 59.0 Å². The molecule has 0 unspecified atom stereocenters. The van der Waals surface area contributed by atoms with Crippen molar-refractivity contribution in [1.82, 2.24) is 4.90 Å². The number of ketones is 1. The van der Waals surface area contributed by atoms with Crippen molar-refractivity contribution in [3.63, 3.8) is 0 Å². The van der Waals surface area contributed by atoms with Gasteiger partial charge in [-0.2, -0.15) is 0 Å². The van der Waals surface area contributed by atoms with E-state index >= 15 is 0 Å². The second kappa shape index (κ2) is 10.2. The van der Waals surface area contributed by atoms with Gasteiger partial charge < -0.3 is 19.5 Å².